The van der Waals surface area contributed by atoms with Gasteiger partial charge in [0.05, 0.1) is 32.0 Å². The quantitative estimate of drug-likeness (QED) is 0.270. The lowest BCUT2D eigenvalue weighted by Gasteiger charge is -2.17. The number of esters is 2. The van der Waals surface area contributed by atoms with Crippen LogP contribution < -0.4 is 18.9 Å². The monoisotopic (exact) mass is 588 g/mol. The molecule has 0 saturated carbocycles. The van der Waals surface area contributed by atoms with E-state index in [0.717, 1.165) is 0 Å². The van der Waals surface area contributed by atoms with Gasteiger partial charge in [0.1, 0.15) is 11.5 Å². The molecular formula is C28H32N2O8S2. The number of benzene rings is 3. The Bertz CT molecular complexity index is 1480. The van der Waals surface area contributed by atoms with Crippen LogP contribution in [0.4, 0.5) is 11.4 Å². The average Bonchev–Trinajstić information content (AvgIpc) is 2.84. The van der Waals surface area contributed by atoms with Crippen LogP contribution in [0, 0.1) is 10.8 Å². The van der Waals surface area contributed by atoms with Crippen molar-refractivity contribution in [2.24, 2.45) is 10.8 Å². The van der Waals surface area contributed by atoms with Crippen LogP contribution in [0.3, 0.4) is 0 Å². The Morgan fingerprint density at radius 1 is 0.550 bits per heavy atom. The van der Waals surface area contributed by atoms with E-state index in [1.807, 2.05) is 0 Å². The highest BCUT2D eigenvalue weighted by atomic mass is 32.2. The number of hydrogen-bond acceptors (Lipinski definition) is 8. The maximum atomic E-state index is 13.0. The van der Waals surface area contributed by atoms with Crippen molar-refractivity contribution >= 4 is 43.4 Å². The fourth-order valence-corrected chi connectivity index (χ4v) is 5.12. The van der Waals surface area contributed by atoms with E-state index < -0.39 is 42.8 Å². The predicted molar refractivity (Wildman–Crippen MR) is 151 cm³/mol. The average molecular weight is 589 g/mol. The van der Waals surface area contributed by atoms with Gasteiger partial charge in [0, 0.05) is 0 Å². The molecule has 40 heavy (non-hydrogen) atoms. The molecule has 0 unspecified atom stereocenters. The molecule has 0 saturated heterocycles. The summed E-state index contributed by atoms with van der Waals surface area (Å²) in [5.41, 5.74) is -1.48. The van der Waals surface area contributed by atoms with Crippen LogP contribution in [-0.4, -0.2) is 28.8 Å². The van der Waals surface area contributed by atoms with E-state index >= 15 is 0 Å². The summed E-state index contributed by atoms with van der Waals surface area (Å²) in [6, 6.07) is 16.4. The topological polar surface area (TPSA) is 145 Å². The summed E-state index contributed by atoms with van der Waals surface area (Å²) >= 11 is 0. The van der Waals surface area contributed by atoms with Gasteiger partial charge in [-0.05, 0) is 102 Å². The van der Waals surface area contributed by atoms with Gasteiger partial charge in [0.15, 0.2) is 0 Å². The summed E-state index contributed by atoms with van der Waals surface area (Å²) < 4.78 is 67.5. The third-order valence-corrected chi connectivity index (χ3v) is 8.09. The molecule has 0 aromatic heterocycles. The molecule has 0 bridgehead atoms. The first-order valence-electron chi connectivity index (χ1n) is 12.2. The summed E-state index contributed by atoms with van der Waals surface area (Å²) in [5.74, 6) is -0.566. The zero-order valence-electron chi connectivity index (χ0n) is 23.0. The number of anilines is 2. The Morgan fingerprint density at radius 2 is 0.850 bits per heavy atom. The molecule has 0 aliphatic rings. The fourth-order valence-electron chi connectivity index (χ4n) is 2.96. The highest BCUT2D eigenvalue weighted by Crippen LogP contribution is 2.29. The number of para-hydroxylation sites is 2. The summed E-state index contributed by atoms with van der Waals surface area (Å²) in [6.45, 7) is 10.2. The fraction of sp³-hybridized carbons (Fsp3) is 0.286. The second-order valence-electron chi connectivity index (χ2n) is 11.0. The Kier molecular flexibility index (Phi) is 8.66. The molecule has 3 rings (SSSR count). The number of nitrogens with one attached hydrogen (secondary N) is 2. The molecule has 0 heterocycles. The van der Waals surface area contributed by atoms with E-state index in [4.69, 9.17) is 9.47 Å². The number of carbonyl (C=O) groups excluding carboxylic acids is 2. The molecule has 2 N–H and O–H groups in total. The molecule has 0 atom stereocenters. The van der Waals surface area contributed by atoms with Gasteiger partial charge in [-0.15, -0.1) is 0 Å². The molecular weight excluding hydrogens is 556 g/mol. The van der Waals surface area contributed by atoms with Crippen molar-refractivity contribution in [1.29, 1.82) is 0 Å². The Hall–Kier alpha value is -3.90. The standard InChI is InChI=1S/C28H32N2O8S2/c1-27(2,3)25(31)37-19-11-15-21(16-12-19)39(33,34)29-23-9-7-8-10-24(23)30-40(35,36)22-17-13-20(14-18-22)38-26(32)28(4,5)6/h7-18,29-30H,1-6H3. The van der Waals surface area contributed by atoms with Gasteiger partial charge >= 0.3 is 11.9 Å². The lowest BCUT2D eigenvalue weighted by Crippen LogP contribution is -2.25. The Morgan fingerprint density at radius 3 is 1.12 bits per heavy atom. The molecule has 0 amide bonds. The molecule has 0 aliphatic carbocycles. The molecule has 0 spiro atoms. The molecule has 214 valence electrons. The van der Waals surface area contributed by atoms with Crippen molar-refractivity contribution in [3.05, 3.63) is 72.8 Å². The number of ether oxygens (including phenoxy) is 2. The molecule has 0 radical (unpaired) electrons. The molecule has 3 aromatic carbocycles. The summed E-state index contributed by atoms with van der Waals surface area (Å²) in [5, 5.41) is 0. The number of hydrogen-bond donors (Lipinski definition) is 2. The van der Waals surface area contributed by atoms with Crippen molar-refractivity contribution in [3.63, 3.8) is 0 Å². The highest BCUT2D eigenvalue weighted by molar-refractivity contribution is 7.93. The van der Waals surface area contributed by atoms with E-state index in [1.54, 1.807) is 53.7 Å². The smallest absolute Gasteiger partial charge is 0.316 e. The van der Waals surface area contributed by atoms with Crippen LogP contribution in [0.5, 0.6) is 11.5 Å². The first-order chi connectivity index (χ1) is 18.4. The zero-order valence-corrected chi connectivity index (χ0v) is 24.6. The van der Waals surface area contributed by atoms with E-state index in [0.29, 0.717) is 0 Å². The van der Waals surface area contributed by atoms with E-state index in [-0.39, 0.29) is 32.7 Å². The van der Waals surface area contributed by atoms with Gasteiger partial charge < -0.3 is 9.47 Å². The van der Waals surface area contributed by atoms with Gasteiger partial charge in [0.25, 0.3) is 20.0 Å². The van der Waals surface area contributed by atoms with Crippen LogP contribution in [0.25, 0.3) is 0 Å². The van der Waals surface area contributed by atoms with Gasteiger partial charge in [-0.2, -0.15) is 0 Å². The van der Waals surface area contributed by atoms with Crippen molar-refractivity contribution in [2.75, 3.05) is 9.44 Å². The predicted octanol–water partition coefficient (Wildman–Crippen LogP) is 5.19. The van der Waals surface area contributed by atoms with Gasteiger partial charge in [-0.3, -0.25) is 19.0 Å². The third kappa shape index (κ3) is 7.82. The normalized spacial score (nSPS) is 12.3. The van der Waals surface area contributed by atoms with Crippen molar-refractivity contribution in [2.45, 2.75) is 51.3 Å². The van der Waals surface area contributed by atoms with E-state index in [1.165, 1.54) is 60.7 Å². The van der Waals surface area contributed by atoms with Crippen molar-refractivity contribution < 1.29 is 35.9 Å². The largest absolute Gasteiger partial charge is 0.426 e. The van der Waals surface area contributed by atoms with Crippen LogP contribution in [0.2, 0.25) is 0 Å². The minimum Gasteiger partial charge on any atom is -0.426 e. The van der Waals surface area contributed by atoms with Crippen molar-refractivity contribution in [3.8, 4) is 11.5 Å². The minimum absolute atomic E-state index is 0.00922. The molecule has 0 aliphatic heterocycles. The van der Waals surface area contributed by atoms with Crippen LogP contribution in [0.15, 0.2) is 82.6 Å². The van der Waals surface area contributed by atoms with Crippen LogP contribution in [0.1, 0.15) is 41.5 Å². The van der Waals surface area contributed by atoms with Gasteiger partial charge in [0.2, 0.25) is 0 Å². The first kappa shape index (κ1) is 30.6. The van der Waals surface area contributed by atoms with E-state index in [2.05, 4.69) is 9.44 Å². The summed E-state index contributed by atoms with van der Waals surface area (Å²) in [7, 11) is -8.27. The number of rotatable bonds is 8. The maximum absolute atomic E-state index is 13.0. The van der Waals surface area contributed by atoms with Crippen molar-refractivity contribution in [1.82, 2.24) is 0 Å². The minimum atomic E-state index is -4.13. The van der Waals surface area contributed by atoms with Crippen LogP contribution >= 0.6 is 0 Å². The third-order valence-electron chi connectivity index (χ3n) is 5.33. The lowest BCUT2D eigenvalue weighted by molar-refractivity contribution is -0.143. The second-order valence-corrected chi connectivity index (χ2v) is 14.3. The zero-order chi connectivity index (χ0) is 29.9. The summed E-state index contributed by atoms with van der Waals surface area (Å²) in [6.07, 6.45) is 0. The lowest BCUT2D eigenvalue weighted by atomic mass is 9.97. The number of sulfonamides is 2. The first-order valence-corrected chi connectivity index (χ1v) is 15.1. The maximum Gasteiger partial charge on any atom is 0.316 e. The second kappa shape index (κ2) is 11.3. The molecule has 0 fully saturated rings. The molecule has 3 aromatic rings. The molecule has 10 nitrogen and oxygen atoms in total. The highest BCUT2D eigenvalue weighted by Gasteiger charge is 2.25. The van der Waals surface area contributed by atoms with E-state index in [9.17, 15) is 26.4 Å². The van der Waals surface area contributed by atoms with Crippen LogP contribution in [-0.2, 0) is 29.6 Å². The summed E-state index contributed by atoms with van der Waals surface area (Å²) in [4.78, 5) is 23.9. The molecule has 12 heteroatoms. The Labute approximate surface area is 234 Å². The van der Waals surface area contributed by atoms with Gasteiger partial charge in [-0.25, -0.2) is 16.8 Å². The Balaban J connectivity index is 1.77. The van der Waals surface area contributed by atoms with Gasteiger partial charge in [-0.1, -0.05) is 12.1 Å². The number of carbonyl (C=O) groups is 2. The SMILES string of the molecule is CC(C)(C)C(=O)Oc1ccc(S(=O)(=O)Nc2ccccc2NS(=O)(=O)c2ccc(OC(=O)C(C)(C)C)cc2)cc1.